The number of anilines is 3. The molecule has 0 N–H and O–H groups in total. The van der Waals surface area contributed by atoms with E-state index in [1.165, 1.54) is 109 Å². The highest BCUT2D eigenvalue weighted by Crippen LogP contribution is 2.61. The van der Waals surface area contributed by atoms with Crippen LogP contribution in [0, 0.1) is 17.8 Å². The van der Waals surface area contributed by atoms with Crippen LogP contribution in [0.2, 0.25) is 0 Å². The Labute approximate surface area is 310 Å². The molecule has 4 aliphatic rings. The van der Waals surface area contributed by atoms with Crippen molar-refractivity contribution in [2.24, 2.45) is 17.8 Å². The van der Waals surface area contributed by atoms with Crippen LogP contribution in [0.4, 0.5) is 17.1 Å². The molecular weight excluding hydrogens is 647 g/mol. The maximum absolute atomic E-state index is 2.49. The van der Waals surface area contributed by atoms with E-state index >= 15 is 0 Å². The van der Waals surface area contributed by atoms with Crippen LogP contribution in [-0.4, -0.2) is 0 Å². The quantitative estimate of drug-likeness (QED) is 0.168. The monoisotopic (exact) mass is 687 g/mol. The Bertz CT molecular complexity index is 2550. The topological polar surface area (TPSA) is 3.24 Å². The number of hydrogen-bond acceptors (Lipinski definition) is 2. The first kappa shape index (κ1) is 30.4. The zero-order chi connectivity index (χ0) is 34.2. The van der Waals surface area contributed by atoms with Gasteiger partial charge in [0.1, 0.15) is 0 Å². The van der Waals surface area contributed by atoms with E-state index in [1.54, 1.807) is 5.56 Å². The van der Waals surface area contributed by atoms with Crippen LogP contribution in [0.1, 0.15) is 44.1 Å². The van der Waals surface area contributed by atoms with E-state index in [9.17, 15) is 0 Å². The van der Waals surface area contributed by atoms with Crippen molar-refractivity contribution in [3.05, 3.63) is 163 Å². The molecule has 1 aromatic heterocycles. The molecule has 4 fully saturated rings. The molecule has 7 aromatic carbocycles. The maximum atomic E-state index is 2.49. The SMILES string of the molecule is c1ccc(-c2cccc3cccc(-c4ccc(N(c5ccc(C67CC8CC(CC(C8)C6)C7)cc5)c5ccc6c(c5)sc5ccccc56)cc4)c23)cc1. The molecule has 52 heavy (non-hydrogen) atoms. The molecule has 8 aromatic rings. The molecule has 12 rings (SSSR count). The lowest BCUT2D eigenvalue weighted by molar-refractivity contribution is -0.00518. The summed E-state index contributed by atoms with van der Waals surface area (Å²) in [5, 5.41) is 5.24. The Morgan fingerprint density at radius 2 is 1.02 bits per heavy atom. The number of fused-ring (bicyclic) bond motifs is 4. The lowest BCUT2D eigenvalue weighted by atomic mass is 9.48. The predicted molar refractivity (Wildman–Crippen MR) is 222 cm³/mol. The fourth-order valence-corrected chi connectivity index (χ4v) is 12.1. The average Bonchev–Trinajstić information content (AvgIpc) is 3.56. The first-order valence-electron chi connectivity index (χ1n) is 19.2. The Balaban J connectivity index is 1.02. The molecule has 4 saturated carbocycles. The minimum atomic E-state index is 0.396. The van der Waals surface area contributed by atoms with E-state index < -0.39 is 0 Å². The van der Waals surface area contributed by atoms with Crippen LogP contribution in [-0.2, 0) is 5.41 Å². The van der Waals surface area contributed by atoms with Gasteiger partial charge in [0.15, 0.2) is 0 Å². The van der Waals surface area contributed by atoms with E-state index in [2.05, 4.69) is 163 Å². The standard InChI is InChI=1S/C50H41NS/c1-2-8-36(9-3-1)43-13-6-10-38-11-7-14-44(49(38)43)37-16-20-40(21-17-37)51(42-24-25-46-45-12-4-5-15-47(45)52-48(46)29-42)41-22-18-39(19-23-41)50-30-33-26-34(31-50)28-35(27-33)32-50/h1-25,29,33-35H,26-28,30-32H2. The summed E-state index contributed by atoms with van der Waals surface area (Å²) >= 11 is 1.89. The summed E-state index contributed by atoms with van der Waals surface area (Å²) in [4.78, 5) is 2.47. The van der Waals surface area contributed by atoms with E-state index in [0.717, 1.165) is 17.8 Å². The van der Waals surface area contributed by atoms with Crippen LogP contribution >= 0.6 is 11.3 Å². The second-order valence-corrected chi connectivity index (χ2v) is 17.1. The van der Waals surface area contributed by atoms with Gasteiger partial charge in [-0.2, -0.15) is 0 Å². The van der Waals surface area contributed by atoms with Gasteiger partial charge in [0.05, 0.1) is 0 Å². The predicted octanol–water partition coefficient (Wildman–Crippen LogP) is 14.5. The molecule has 0 spiro atoms. The van der Waals surface area contributed by atoms with Gasteiger partial charge in [0, 0.05) is 37.2 Å². The van der Waals surface area contributed by atoms with Gasteiger partial charge < -0.3 is 4.90 Å². The third-order valence-corrected chi connectivity index (χ3v) is 14.0. The zero-order valence-electron chi connectivity index (χ0n) is 29.3. The van der Waals surface area contributed by atoms with Gasteiger partial charge in [-0.1, -0.05) is 115 Å². The third kappa shape index (κ3) is 4.95. The second-order valence-electron chi connectivity index (χ2n) is 16.0. The summed E-state index contributed by atoms with van der Waals surface area (Å²) in [5.74, 6) is 2.83. The normalized spacial score (nSPS) is 22.0. The molecule has 4 bridgehead atoms. The third-order valence-electron chi connectivity index (χ3n) is 12.8. The van der Waals surface area contributed by atoms with Crippen LogP contribution in [0.25, 0.3) is 53.2 Å². The Hall–Kier alpha value is -5.18. The lowest BCUT2D eigenvalue weighted by Crippen LogP contribution is -2.48. The maximum Gasteiger partial charge on any atom is 0.0476 e. The molecule has 0 unspecified atom stereocenters. The average molecular weight is 688 g/mol. The highest BCUT2D eigenvalue weighted by molar-refractivity contribution is 7.25. The van der Waals surface area contributed by atoms with Crippen LogP contribution < -0.4 is 4.90 Å². The molecule has 252 valence electrons. The highest BCUT2D eigenvalue weighted by atomic mass is 32.1. The molecule has 0 radical (unpaired) electrons. The van der Waals surface area contributed by atoms with Crippen molar-refractivity contribution in [3.63, 3.8) is 0 Å². The largest absolute Gasteiger partial charge is 0.310 e. The van der Waals surface area contributed by atoms with Gasteiger partial charge in [-0.05, 0) is 143 Å². The van der Waals surface area contributed by atoms with E-state index in [-0.39, 0.29) is 0 Å². The number of thiophene rings is 1. The minimum Gasteiger partial charge on any atom is -0.310 e. The second kappa shape index (κ2) is 11.9. The number of benzene rings is 7. The summed E-state index contributed by atoms with van der Waals surface area (Å²) in [6.07, 6.45) is 8.62. The van der Waals surface area contributed by atoms with Gasteiger partial charge in [-0.15, -0.1) is 11.3 Å². The molecule has 0 saturated heterocycles. The fourth-order valence-electron chi connectivity index (χ4n) is 11.0. The summed E-state index contributed by atoms with van der Waals surface area (Å²) in [6, 6.07) is 59.1. The molecule has 1 heterocycles. The van der Waals surface area contributed by atoms with Gasteiger partial charge in [0.25, 0.3) is 0 Å². The Morgan fingerprint density at radius 1 is 0.462 bits per heavy atom. The summed E-state index contributed by atoms with van der Waals surface area (Å²) in [6.45, 7) is 0. The van der Waals surface area contributed by atoms with Crippen molar-refractivity contribution in [3.8, 4) is 22.3 Å². The molecular formula is C50H41NS. The molecule has 0 aliphatic heterocycles. The van der Waals surface area contributed by atoms with Crippen molar-refractivity contribution in [2.75, 3.05) is 4.90 Å². The highest BCUT2D eigenvalue weighted by Gasteiger charge is 2.51. The fraction of sp³-hybridized carbons (Fsp3) is 0.200. The van der Waals surface area contributed by atoms with Gasteiger partial charge >= 0.3 is 0 Å². The van der Waals surface area contributed by atoms with Crippen LogP contribution in [0.3, 0.4) is 0 Å². The first-order chi connectivity index (χ1) is 25.7. The van der Waals surface area contributed by atoms with Crippen molar-refractivity contribution < 1.29 is 0 Å². The molecule has 2 heteroatoms. The molecule has 0 atom stereocenters. The van der Waals surface area contributed by atoms with Gasteiger partial charge in [0.2, 0.25) is 0 Å². The molecule has 1 nitrogen and oxygen atoms in total. The van der Waals surface area contributed by atoms with Gasteiger partial charge in [-0.25, -0.2) is 0 Å². The van der Waals surface area contributed by atoms with Crippen molar-refractivity contribution in [1.29, 1.82) is 0 Å². The van der Waals surface area contributed by atoms with E-state index in [0.29, 0.717) is 5.41 Å². The molecule has 0 amide bonds. The van der Waals surface area contributed by atoms with E-state index in [1.807, 2.05) is 11.3 Å². The summed E-state index contributed by atoms with van der Waals surface area (Å²) in [5.41, 5.74) is 10.6. The molecule has 4 aliphatic carbocycles. The minimum absolute atomic E-state index is 0.396. The van der Waals surface area contributed by atoms with Crippen molar-refractivity contribution in [1.82, 2.24) is 0 Å². The van der Waals surface area contributed by atoms with Crippen LogP contribution in [0.15, 0.2) is 158 Å². The number of hydrogen-bond donors (Lipinski definition) is 0. The summed E-state index contributed by atoms with van der Waals surface area (Å²) < 4.78 is 2.67. The number of nitrogens with zero attached hydrogens (tertiary/aromatic N) is 1. The lowest BCUT2D eigenvalue weighted by Gasteiger charge is -2.57. The Kier molecular flexibility index (Phi) is 6.99. The van der Waals surface area contributed by atoms with Crippen molar-refractivity contribution in [2.45, 2.75) is 43.9 Å². The van der Waals surface area contributed by atoms with E-state index in [4.69, 9.17) is 0 Å². The van der Waals surface area contributed by atoms with Gasteiger partial charge in [-0.3, -0.25) is 0 Å². The Morgan fingerprint density at radius 3 is 1.69 bits per heavy atom. The first-order valence-corrected chi connectivity index (χ1v) is 20.0. The number of rotatable bonds is 6. The van der Waals surface area contributed by atoms with Crippen LogP contribution in [0.5, 0.6) is 0 Å². The smallest absolute Gasteiger partial charge is 0.0476 e. The zero-order valence-corrected chi connectivity index (χ0v) is 30.2. The summed E-state index contributed by atoms with van der Waals surface area (Å²) in [7, 11) is 0. The van der Waals surface area contributed by atoms with Crippen molar-refractivity contribution >= 4 is 59.3 Å².